The number of hydrogen-bond donors (Lipinski definition) is 2. The molecule has 134 valence electrons. The fourth-order valence-corrected chi connectivity index (χ4v) is 2.76. The predicted molar refractivity (Wildman–Crippen MR) is 91.4 cm³/mol. The van der Waals surface area contributed by atoms with Gasteiger partial charge < -0.3 is 14.8 Å². The second-order valence-electron chi connectivity index (χ2n) is 4.93. The zero-order valence-corrected chi connectivity index (χ0v) is 14.2. The van der Waals surface area contributed by atoms with Crippen LogP contribution < -0.4 is 19.9 Å². The number of hydrogen-bond acceptors (Lipinski definition) is 7. The fourth-order valence-electron chi connectivity index (χ4n) is 2.03. The van der Waals surface area contributed by atoms with E-state index in [9.17, 15) is 18.5 Å². The molecule has 0 radical (unpaired) electrons. The van der Waals surface area contributed by atoms with E-state index in [2.05, 4.69) is 5.32 Å². The van der Waals surface area contributed by atoms with Crippen LogP contribution in [0.25, 0.3) is 0 Å². The number of non-ortho nitro benzene ring substituents is 1. The smallest absolute Gasteiger partial charge is 0.270 e. The monoisotopic (exact) mass is 367 g/mol. The molecule has 0 atom stereocenters. The Morgan fingerprint density at radius 3 is 2.36 bits per heavy atom. The molecule has 0 amide bonds. The molecule has 2 aromatic rings. The zero-order valence-electron chi connectivity index (χ0n) is 13.3. The van der Waals surface area contributed by atoms with Crippen LogP contribution in [0.2, 0.25) is 0 Å². The van der Waals surface area contributed by atoms with Gasteiger partial charge in [-0.05, 0) is 30.3 Å². The number of anilines is 1. The molecule has 25 heavy (non-hydrogen) atoms. The second kappa shape index (κ2) is 7.81. The number of nitrogens with two attached hydrogens (primary N) is 1. The van der Waals surface area contributed by atoms with Crippen LogP contribution in [-0.4, -0.2) is 33.6 Å². The Balaban J connectivity index is 2.01. The molecule has 10 heteroatoms. The van der Waals surface area contributed by atoms with E-state index in [4.69, 9.17) is 14.6 Å². The third kappa shape index (κ3) is 5.06. The second-order valence-corrected chi connectivity index (χ2v) is 6.46. The first-order valence-corrected chi connectivity index (χ1v) is 8.68. The summed E-state index contributed by atoms with van der Waals surface area (Å²) in [6, 6.07) is 10.4. The third-order valence-electron chi connectivity index (χ3n) is 3.23. The number of sulfonamides is 1. The molecule has 0 bridgehead atoms. The van der Waals surface area contributed by atoms with Gasteiger partial charge in [-0.2, -0.15) is 0 Å². The van der Waals surface area contributed by atoms with E-state index < -0.39 is 14.9 Å². The number of nitro groups is 1. The average Bonchev–Trinajstić information content (AvgIpc) is 2.58. The maximum Gasteiger partial charge on any atom is 0.270 e. The highest BCUT2D eigenvalue weighted by Gasteiger charge is 2.18. The largest absolute Gasteiger partial charge is 0.497 e. The summed E-state index contributed by atoms with van der Waals surface area (Å²) >= 11 is 0. The number of ether oxygens (including phenoxy) is 2. The number of rotatable bonds is 8. The van der Waals surface area contributed by atoms with Crippen LogP contribution in [0.4, 0.5) is 11.4 Å². The van der Waals surface area contributed by atoms with Crippen molar-refractivity contribution >= 4 is 21.4 Å². The standard InChI is InChI=1S/C15H17N3O6S/c1-23-12-3-5-13(6-4-12)24-9-8-17-14-7-2-11(18(19)20)10-15(14)25(16,21)22/h2-7,10,17H,8-9H2,1H3,(H2,16,21,22). The molecule has 3 N–H and O–H groups in total. The molecule has 0 heterocycles. The Bertz CT molecular complexity index is 852. The summed E-state index contributed by atoms with van der Waals surface area (Å²) in [7, 11) is -2.55. The molecule has 0 unspecified atom stereocenters. The van der Waals surface area contributed by atoms with Gasteiger partial charge in [0, 0.05) is 18.7 Å². The van der Waals surface area contributed by atoms with Crippen molar-refractivity contribution in [2.24, 2.45) is 5.14 Å². The number of primary sulfonamides is 1. The van der Waals surface area contributed by atoms with Crippen LogP contribution in [0.15, 0.2) is 47.4 Å². The topological polar surface area (TPSA) is 134 Å². The van der Waals surface area contributed by atoms with E-state index in [1.165, 1.54) is 12.1 Å². The summed E-state index contributed by atoms with van der Waals surface area (Å²) in [6.07, 6.45) is 0. The number of nitro benzene ring substituents is 1. The molecule has 0 aliphatic rings. The van der Waals surface area contributed by atoms with Gasteiger partial charge in [-0.25, -0.2) is 13.6 Å². The predicted octanol–water partition coefficient (Wildman–Crippen LogP) is 1.74. The summed E-state index contributed by atoms with van der Waals surface area (Å²) in [5.41, 5.74) is -0.185. The molecular weight excluding hydrogens is 350 g/mol. The van der Waals surface area contributed by atoms with Crippen LogP contribution in [0, 0.1) is 10.1 Å². The van der Waals surface area contributed by atoms with Crippen molar-refractivity contribution in [3.63, 3.8) is 0 Å². The quantitative estimate of drug-likeness (QED) is 0.412. The van der Waals surface area contributed by atoms with Gasteiger partial charge in [0.2, 0.25) is 10.0 Å². The van der Waals surface area contributed by atoms with Gasteiger partial charge in [0.15, 0.2) is 0 Å². The van der Waals surface area contributed by atoms with E-state index in [0.29, 0.717) is 11.5 Å². The fraction of sp³-hybridized carbons (Fsp3) is 0.200. The van der Waals surface area contributed by atoms with Crippen LogP contribution in [0.5, 0.6) is 11.5 Å². The van der Waals surface area contributed by atoms with Crippen molar-refractivity contribution < 1.29 is 22.8 Å². The summed E-state index contributed by atoms with van der Waals surface area (Å²) in [4.78, 5) is 9.74. The van der Waals surface area contributed by atoms with Gasteiger partial charge in [0.25, 0.3) is 5.69 Å². The number of benzene rings is 2. The molecule has 0 aromatic heterocycles. The van der Waals surface area contributed by atoms with E-state index in [1.807, 2.05) is 0 Å². The number of nitrogens with zero attached hydrogens (tertiary/aromatic N) is 1. The number of methoxy groups -OCH3 is 1. The molecule has 0 aliphatic heterocycles. The average molecular weight is 367 g/mol. The highest BCUT2D eigenvalue weighted by molar-refractivity contribution is 7.89. The van der Waals surface area contributed by atoms with Crippen LogP contribution in [0.1, 0.15) is 0 Å². The summed E-state index contributed by atoms with van der Waals surface area (Å²) in [6.45, 7) is 0.514. The highest BCUT2D eigenvalue weighted by atomic mass is 32.2. The molecule has 2 aromatic carbocycles. The molecule has 9 nitrogen and oxygen atoms in total. The van der Waals surface area contributed by atoms with E-state index in [1.54, 1.807) is 31.4 Å². The maximum absolute atomic E-state index is 11.6. The van der Waals surface area contributed by atoms with Crippen molar-refractivity contribution in [3.8, 4) is 11.5 Å². The van der Waals surface area contributed by atoms with E-state index in [-0.39, 0.29) is 29.4 Å². The highest BCUT2D eigenvalue weighted by Crippen LogP contribution is 2.25. The van der Waals surface area contributed by atoms with Gasteiger partial charge in [0.1, 0.15) is 23.0 Å². The first kappa shape index (κ1) is 18.5. The molecule has 0 saturated heterocycles. The summed E-state index contributed by atoms with van der Waals surface area (Å²) in [5.74, 6) is 1.33. The minimum Gasteiger partial charge on any atom is -0.497 e. The molecular formula is C15H17N3O6S. The lowest BCUT2D eigenvalue weighted by Gasteiger charge is -2.11. The Morgan fingerprint density at radius 1 is 1.16 bits per heavy atom. The lowest BCUT2D eigenvalue weighted by molar-refractivity contribution is -0.385. The van der Waals surface area contributed by atoms with Gasteiger partial charge in [-0.15, -0.1) is 0 Å². The molecule has 2 rings (SSSR count). The first-order chi connectivity index (χ1) is 11.8. The lowest BCUT2D eigenvalue weighted by atomic mass is 10.3. The van der Waals surface area contributed by atoms with Crippen LogP contribution in [-0.2, 0) is 10.0 Å². The molecule has 0 saturated carbocycles. The Morgan fingerprint density at radius 2 is 1.80 bits per heavy atom. The minimum absolute atomic E-state index is 0.173. The molecule has 0 fully saturated rings. The van der Waals surface area contributed by atoms with Crippen molar-refractivity contribution in [2.45, 2.75) is 4.90 Å². The molecule has 0 aliphatic carbocycles. The number of nitrogens with one attached hydrogen (secondary N) is 1. The Labute approximate surface area is 144 Å². The van der Waals surface area contributed by atoms with E-state index in [0.717, 1.165) is 6.07 Å². The third-order valence-corrected chi connectivity index (χ3v) is 4.18. The van der Waals surface area contributed by atoms with E-state index >= 15 is 0 Å². The minimum atomic E-state index is -4.11. The van der Waals surface area contributed by atoms with Gasteiger partial charge in [-0.1, -0.05) is 0 Å². The summed E-state index contributed by atoms with van der Waals surface area (Å²) < 4.78 is 33.8. The zero-order chi connectivity index (χ0) is 18.4. The SMILES string of the molecule is COc1ccc(OCCNc2ccc([N+](=O)[O-])cc2S(N)(=O)=O)cc1. The van der Waals surface area contributed by atoms with Crippen LogP contribution in [0.3, 0.4) is 0 Å². The van der Waals surface area contributed by atoms with Crippen molar-refractivity contribution in [2.75, 3.05) is 25.6 Å². The van der Waals surface area contributed by atoms with Gasteiger partial charge >= 0.3 is 0 Å². The van der Waals surface area contributed by atoms with Gasteiger partial charge in [-0.3, -0.25) is 10.1 Å². The molecule has 0 spiro atoms. The lowest BCUT2D eigenvalue weighted by Crippen LogP contribution is -2.18. The van der Waals surface area contributed by atoms with Crippen LogP contribution >= 0.6 is 0 Å². The van der Waals surface area contributed by atoms with Crippen molar-refractivity contribution in [1.82, 2.24) is 0 Å². The van der Waals surface area contributed by atoms with Crippen molar-refractivity contribution in [3.05, 3.63) is 52.6 Å². The Kier molecular flexibility index (Phi) is 5.78. The normalized spacial score (nSPS) is 11.0. The summed E-state index contributed by atoms with van der Waals surface area (Å²) in [5, 5.41) is 18.7. The first-order valence-electron chi connectivity index (χ1n) is 7.13. The van der Waals surface area contributed by atoms with Gasteiger partial charge in [0.05, 0.1) is 17.7 Å². The maximum atomic E-state index is 11.6. The van der Waals surface area contributed by atoms with Crippen molar-refractivity contribution in [1.29, 1.82) is 0 Å². The Hall–Kier alpha value is -2.85.